The van der Waals surface area contributed by atoms with Gasteiger partial charge in [-0.1, -0.05) is 35.9 Å². The standard InChI is InChI=1S/C22H23ClN4O5S/c1-15-17(23)9-6-10-18(15)33(28,29)26-19-21(25-22-20(24-19)27(2)11-12-31-22)32-14-13-30-16-7-4-3-5-8-16/h3-10H,11-14H2,1-2H3,(H,24,26). The number of nitrogens with one attached hydrogen (secondary N) is 1. The van der Waals surface area contributed by atoms with E-state index in [1.807, 2.05) is 42.3 Å². The lowest BCUT2D eigenvalue weighted by molar-refractivity contribution is 0.208. The van der Waals surface area contributed by atoms with Crippen molar-refractivity contribution in [3.8, 4) is 17.5 Å². The Morgan fingerprint density at radius 2 is 1.85 bits per heavy atom. The molecule has 33 heavy (non-hydrogen) atoms. The molecule has 0 saturated carbocycles. The fraction of sp³-hybridized carbons (Fsp3) is 0.273. The number of aromatic nitrogens is 2. The number of ether oxygens (including phenoxy) is 3. The minimum atomic E-state index is -4.01. The molecule has 0 bridgehead atoms. The molecule has 2 heterocycles. The first-order chi connectivity index (χ1) is 15.8. The van der Waals surface area contributed by atoms with Crippen LogP contribution >= 0.6 is 11.6 Å². The average Bonchev–Trinajstić information content (AvgIpc) is 2.79. The van der Waals surface area contributed by atoms with Crippen LogP contribution in [0.4, 0.5) is 11.6 Å². The van der Waals surface area contributed by atoms with Crippen LogP contribution in [0.25, 0.3) is 0 Å². The van der Waals surface area contributed by atoms with Gasteiger partial charge in [-0.2, -0.15) is 4.98 Å². The molecule has 0 atom stereocenters. The zero-order valence-electron chi connectivity index (χ0n) is 18.1. The van der Waals surface area contributed by atoms with Gasteiger partial charge in [-0.25, -0.2) is 13.4 Å². The zero-order valence-corrected chi connectivity index (χ0v) is 19.7. The summed E-state index contributed by atoms with van der Waals surface area (Å²) in [5.74, 6) is 1.31. The third kappa shape index (κ3) is 5.23. The maximum absolute atomic E-state index is 13.1. The first kappa shape index (κ1) is 22.9. The highest BCUT2D eigenvalue weighted by Gasteiger charge is 2.26. The lowest BCUT2D eigenvalue weighted by Crippen LogP contribution is -2.31. The average molecular weight is 491 g/mol. The molecule has 2 aromatic carbocycles. The highest BCUT2D eigenvalue weighted by Crippen LogP contribution is 2.34. The lowest BCUT2D eigenvalue weighted by atomic mass is 10.2. The number of fused-ring (bicyclic) bond motifs is 1. The van der Waals surface area contributed by atoms with Crippen molar-refractivity contribution in [1.82, 2.24) is 9.97 Å². The van der Waals surface area contributed by atoms with Crippen LogP contribution in [0.3, 0.4) is 0 Å². The number of rotatable bonds is 8. The SMILES string of the molecule is Cc1c(Cl)cccc1S(=O)(=O)Nc1nc2c(nc1OCCOc1ccccc1)OCCN2C. The van der Waals surface area contributed by atoms with E-state index in [2.05, 4.69) is 14.7 Å². The fourth-order valence-corrected chi connectivity index (χ4v) is 4.67. The van der Waals surface area contributed by atoms with Gasteiger partial charge >= 0.3 is 0 Å². The Morgan fingerprint density at radius 1 is 1.09 bits per heavy atom. The van der Waals surface area contributed by atoms with Crippen LogP contribution in [0.15, 0.2) is 53.4 Å². The van der Waals surface area contributed by atoms with Crippen LogP contribution in [0.5, 0.6) is 17.5 Å². The molecule has 0 amide bonds. The molecule has 1 aliphatic rings. The molecule has 1 aromatic heterocycles. The molecule has 11 heteroatoms. The van der Waals surface area contributed by atoms with E-state index in [0.717, 1.165) is 0 Å². The number of anilines is 2. The van der Waals surface area contributed by atoms with Crippen LogP contribution in [-0.2, 0) is 10.0 Å². The van der Waals surface area contributed by atoms with Crippen molar-refractivity contribution < 1.29 is 22.6 Å². The lowest BCUT2D eigenvalue weighted by Gasteiger charge is -2.26. The van der Waals surface area contributed by atoms with Crippen molar-refractivity contribution in [2.24, 2.45) is 0 Å². The molecule has 1 N–H and O–H groups in total. The second-order valence-electron chi connectivity index (χ2n) is 7.25. The molecular formula is C22H23ClN4O5S. The Hall–Kier alpha value is -3.24. The van der Waals surface area contributed by atoms with Crippen LogP contribution in [0.1, 0.15) is 5.56 Å². The maximum atomic E-state index is 13.1. The van der Waals surface area contributed by atoms with Crippen LogP contribution in [-0.4, -0.2) is 51.8 Å². The topological polar surface area (TPSA) is 103 Å². The molecule has 174 valence electrons. The molecule has 0 radical (unpaired) electrons. The predicted molar refractivity (Wildman–Crippen MR) is 125 cm³/mol. The quantitative estimate of drug-likeness (QED) is 0.478. The summed E-state index contributed by atoms with van der Waals surface area (Å²) in [6, 6.07) is 13.9. The van der Waals surface area contributed by atoms with Crippen molar-refractivity contribution in [2.75, 3.05) is 43.0 Å². The number of sulfonamides is 1. The number of hydrogen-bond acceptors (Lipinski definition) is 8. The summed E-state index contributed by atoms with van der Waals surface area (Å²) in [5.41, 5.74) is 0.428. The van der Waals surface area contributed by atoms with Gasteiger partial charge in [0.25, 0.3) is 21.8 Å². The second kappa shape index (κ2) is 9.72. The molecule has 0 aliphatic carbocycles. The van der Waals surface area contributed by atoms with Crippen LogP contribution in [0.2, 0.25) is 5.02 Å². The third-order valence-electron chi connectivity index (χ3n) is 4.91. The number of para-hydroxylation sites is 1. The van der Waals surface area contributed by atoms with Crippen molar-refractivity contribution in [1.29, 1.82) is 0 Å². The number of halogens is 1. The molecule has 0 fully saturated rings. The van der Waals surface area contributed by atoms with Gasteiger partial charge in [0, 0.05) is 12.1 Å². The summed E-state index contributed by atoms with van der Waals surface area (Å²) >= 11 is 6.12. The monoisotopic (exact) mass is 490 g/mol. The van der Waals surface area contributed by atoms with Gasteiger partial charge in [-0.05, 0) is 36.8 Å². The van der Waals surface area contributed by atoms with E-state index < -0.39 is 10.0 Å². The van der Waals surface area contributed by atoms with E-state index in [4.69, 9.17) is 25.8 Å². The van der Waals surface area contributed by atoms with Gasteiger partial charge in [-0.15, -0.1) is 0 Å². The number of nitrogens with zero attached hydrogens (tertiary/aromatic N) is 3. The molecule has 0 saturated heterocycles. The van der Waals surface area contributed by atoms with Crippen LogP contribution < -0.4 is 23.8 Å². The zero-order chi connectivity index (χ0) is 23.4. The second-order valence-corrected chi connectivity index (χ2v) is 9.31. The Balaban J connectivity index is 1.59. The summed E-state index contributed by atoms with van der Waals surface area (Å²) in [7, 11) is -2.19. The Kier molecular flexibility index (Phi) is 6.75. The molecule has 1 aliphatic heterocycles. The minimum absolute atomic E-state index is 0.0102. The van der Waals surface area contributed by atoms with Crippen molar-refractivity contribution in [2.45, 2.75) is 11.8 Å². The Bertz CT molecular complexity index is 1240. The van der Waals surface area contributed by atoms with Crippen molar-refractivity contribution in [3.63, 3.8) is 0 Å². The van der Waals surface area contributed by atoms with Crippen molar-refractivity contribution in [3.05, 3.63) is 59.1 Å². The Morgan fingerprint density at radius 3 is 2.64 bits per heavy atom. The summed E-state index contributed by atoms with van der Waals surface area (Å²) in [6.45, 7) is 3.00. The third-order valence-corrected chi connectivity index (χ3v) is 6.81. The summed E-state index contributed by atoms with van der Waals surface area (Å²) in [5, 5.41) is 0.345. The fourth-order valence-electron chi connectivity index (χ4n) is 3.17. The smallest absolute Gasteiger partial charge is 0.263 e. The largest absolute Gasteiger partial charge is 0.490 e. The predicted octanol–water partition coefficient (Wildman–Crippen LogP) is 3.53. The minimum Gasteiger partial charge on any atom is -0.490 e. The van der Waals surface area contributed by atoms with Gasteiger partial charge in [0.1, 0.15) is 25.6 Å². The highest BCUT2D eigenvalue weighted by molar-refractivity contribution is 7.92. The van der Waals surface area contributed by atoms with Gasteiger partial charge in [0.15, 0.2) is 5.82 Å². The van der Waals surface area contributed by atoms with E-state index in [1.54, 1.807) is 19.1 Å². The van der Waals surface area contributed by atoms with Crippen LogP contribution in [0, 0.1) is 6.92 Å². The van der Waals surface area contributed by atoms with Gasteiger partial charge in [-0.3, -0.25) is 4.72 Å². The Labute approximate surface area is 197 Å². The normalized spacial score (nSPS) is 13.1. The van der Waals surface area contributed by atoms with Gasteiger partial charge < -0.3 is 19.1 Å². The summed E-state index contributed by atoms with van der Waals surface area (Å²) in [4.78, 5) is 10.7. The van der Waals surface area contributed by atoms with E-state index >= 15 is 0 Å². The van der Waals surface area contributed by atoms with E-state index in [-0.39, 0.29) is 35.7 Å². The van der Waals surface area contributed by atoms with E-state index in [0.29, 0.717) is 35.3 Å². The molecule has 0 unspecified atom stereocenters. The van der Waals surface area contributed by atoms with E-state index in [1.165, 1.54) is 6.07 Å². The van der Waals surface area contributed by atoms with Crippen molar-refractivity contribution >= 4 is 33.3 Å². The maximum Gasteiger partial charge on any atom is 0.263 e. The van der Waals surface area contributed by atoms with E-state index in [9.17, 15) is 8.42 Å². The number of benzene rings is 2. The number of likely N-dealkylation sites (N-methyl/N-ethyl adjacent to an activating group) is 1. The molecule has 0 spiro atoms. The molecule has 4 rings (SSSR count). The first-order valence-electron chi connectivity index (χ1n) is 10.2. The van der Waals surface area contributed by atoms with Gasteiger partial charge in [0.2, 0.25) is 5.82 Å². The first-order valence-corrected chi connectivity index (χ1v) is 12.1. The number of hydrogen-bond donors (Lipinski definition) is 1. The molecular weight excluding hydrogens is 468 g/mol. The van der Waals surface area contributed by atoms with Gasteiger partial charge in [0.05, 0.1) is 11.4 Å². The summed E-state index contributed by atoms with van der Waals surface area (Å²) < 4.78 is 45.7. The highest BCUT2D eigenvalue weighted by atomic mass is 35.5. The summed E-state index contributed by atoms with van der Waals surface area (Å²) in [6.07, 6.45) is 0. The molecule has 3 aromatic rings. The molecule has 9 nitrogen and oxygen atoms in total.